The standard InChI is InChI=1S/C16H23FN4O2S.HI/c1-3-18-16(20-8-9-24(2,22)23)19-7-6-12-11-21-15-5-4-13(17)10-14(12)15;/h4-5,10-11,21H,3,6-9H2,1-2H3,(H2,18,19,20);1H. The Morgan fingerprint density at radius 1 is 1.32 bits per heavy atom. The monoisotopic (exact) mass is 482 g/mol. The van der Waals surface area contributed by atoms with E-state index in [9.17, 15) is 12.8 Å². The maximum absolute atomic E-state index is 13.4. The molecular weight excluding hydrogens is 458 g/mol. The summed E-state index contributed by atoms with van der Waals surface area (Å²) in [6, 6.07) is 4.67. The Labute approximate surface area is 164 Å². The van der Waals surface area contributed by atoms with E-state index in [-0.39, 0.29) is 42.1 Å². The quantitative estimate of drug-likeness (QED) is 0.321. The third-order valence-corrected chi connectivity index (χ3v) is 4.42. The Morgan fingerprint density at radius 3 is 2.76 bits per heavy atom. The lowest BCUT2D eigenvalue weighted by atomic mass is 10.1. The third-order valence-electron chi connectivity index (χ3n) is 3.49. The number of aromatic nitrogens is 1. The first-order valence-electron chi connectivity index (χ1n) is 7.84. The number of sulfone groups is 1. The van der Waals surface area contributed by atoms with Crippen LogP contribution >= 0.6 is 24.0 Å². The minimum Gasteiger partial charge on any atom is -0.361 e. The second kappa shape index (κ2) is 9.95. The second-order valence-corrected chi connectivity index (χ2v) is 7.83. The van der Waals surface area contributed by atoms with Gasteiger partial charge in [-0.2, -0.15) is 0 Å². The molecule has 2 aromatic rings. The van der Waals surface area contributed by atoms with Gasteiger partial charge in [-0.25, -0.2) is 12.8 Å². The lowest BCUT2D eigenvalue weighted by Crippen LogP contribution is -2.38. The van der Waals surface area contributed by atoms with Crippen LogP contribution in [-0.2, 0) is 16.3 Å². The van der Waals surface area contributed by atoms with E-state index < -0.39 is 9.84 Å². The molecule has 1 aromatic carbocycles. The fourth-order valence-corrected chi connectivity index (χ4v) is 2.76. The van der Waals surface area contributed by atoms with Crippen molar-refractivity contribution in [1.82, 2.24) is 15.6 Å². The molecule has 0 bridgehead atoms. The van der Waals surface area contributed by atoms with Crippen LogP contribution in [-0.4, -0.2) is 51.0 Å². The molecule has 0 radical (unpaired) electrons. The summed E-state index contributed by atoms with van der Waals surface area (Å²) < 4.78 is 35.7. The molecule has 0 unspecified atom stereocenters. The van der Waals surface area contributed by atoms with E-state index in [1.807, 2.05) is 13.1 Å². The van der Waals surface area contributed by atoms with Crippen LogP contribution < -0.4 is 10.6 Å². The number of benzene rings is 1. The van der Waals surface area contributed by atoms with E-state index in [2.05, 4.69) is 20.6 Å². The van der Waals surface area contributed by atoms with Gasteiger partial charge in [0, 0.05) is 36.4 Å². The van der Waals surface area contributed by atoms with Crippen molar-refractivity contribution in [2.24, 2.45) is 4.99 Å². The lowest BCUT2D eigenvalue weighted by molar-refractivity contribution is 0.601. The molecule has 6 nitrogen and oxygen atoms in total. The average molecular weight is 482 g/mol. The third kappa shape index (κ3) is 7.18. The van der Waals surface area contributed by atoms with Gasteiger partial charge in [0.15, 0.2) is 5.96 Å². The van der Waals surface area contributed by atoms with Gasteiger partial charge in [0.2, 0.25) is 0 Å². The number of hydrogen-bond donors (Lipinski definition) is 3. The van der Waals surface area contributed by atoms with Crippen molar-refractivity contribution in [2.75, 3.05) is 31.6 Å². The molecule has 0 spiro atoms. The van der Waals surface area contributed by atoms with Crippen molar-refractivity contribution >= 4 is 50.7 Å². The topological polar surface area (TPSA) is 86.3 Å². The number of aromatic amines is 1. The average Bonchev–Trinajstić information content (AvgIpc) is 2.88. The van der Waals surface area contributed by atoms with E-state index in [0.29, 0.717) is 25.5 Å². The van der Waals surface area contributed by atoms with Crippen LogP contribution in [0.25, 0.3) is 10.9 Å². The van der Waals surface area contributed by atoms with Crippen molar-refractivity contribution in [3.05, 3.63) is 35.8 Å². The van der Waals surface area contributed by atoms with E-state index in [1.165, 1.54) is 18.4 Å². The predicted octanol–water partition coefficient (Wildman–Crippen LogP) is 2.07. The number of fused-ring (bicyclic) bond motifs is 1. The van der Waals surface area contributed by atoms with Gasteiger partial charge >= 0.3 is 0 Å². The first-order chi connectivity index (χ1) is 11.4. The Hall–Kier alpha value is -1.36. The minimum absolute atomic E-state index is 0. The number of halogens is 2. The largest absolute Gasteiger partial charge is 0.361 e. The maximum Gasteiger partial charge on any atom is 0.191 e. The van der Waals surface area contributed by atoms with Crippen molar-refractivity contribution in [1.29, 1.82) is 0 Å². The number of rotatable bonds is 7. The molecule has 25 heavy (non-hydrogen) atoms. The molecular formula is C16H24FIN4O2S. The Morgan fingerprint density at radius 2 is 2.08 bits per heavy atom. The number of aliphatic imine (C=N–C) groups is 1. The molecule has 0 saturated carbocycles. The first-order valence-corrected chi connectivity index (χ1v) is 9.90. The molecule has 0 aliphatic carbocycles. The fraction of sp³-hybridized carbons (Fsp3) is 0.438. The van der Waals surface area contributed by atoms with Gasteiger partial charge in [-0.3, -0.25) is 4.99 Å². The zero-order chi connectivity index (χ0) is 17.6. The zero-order valence-corrected chi connectivity index (χ0v) is 17.4. The van der Waals surface area contributed by atoms with Crippen LogP contribution in [0.3, 0.4) is 0 Å². The Bertz CT molecular complexity index is 821. The van der Waals surface area contributed by atoms with Crippen LogP contribution in [0.2, 0.25) is 0 Å². The van der Waals surface area contributed by atoms with Crippen LogP contribution in [0.5, 0.6) is 0 Å². The van der Waals surface area contributed by atoms with Gasteiger partial charge in [-0.15, -0.1) is 24.0 Å². The summed E-state index contributed by atoms with van der Waals surface area (Å²) in [5.41, 5.74) is 1.92. The Balaban J connectivity index is 0.00000312. The van der Waals surface area contributed by atoms with Crippen molar-refractivity contribution in [2.45, 2.75) is 13.3 Å². The van der Waals surface area contributed by atoms with Crippen LogP contribution in [0.4, 0.5) is 4.39 Å². The fourth-order valence-electron chi connectivity index (χ4n) is 2.34. The van der Waals surface area contributed by atoms with E-state index in [0.717, 1.165) is 16.5 Å². The molecule has 0 saturated heterocycles. The SMILES string of the molecule is CCNC(=NCCS(C)(=O)=O)NCCc1c[nH]c2ccc(F)cc12.I. The molecule has 1 heterocycles. The normalized spacial score (nSPS) is 12.0. The summed E-state index contributed by atoms with van der Waals surface area (Å²) in [4.78, 5) is 7.36. The van der Waals surface area contributed by atoms with Crippen LogP contribution in [0.15, 0.2) is 29.4 Å². The van der Waals surface area contributed by atoms with Gasteiger partial charge in [-0.05, 0) is 37.1 Å². The molecule has 2 rings (SSSR count). The number of nitrogens with zero attached hydrogens (tertiary/aromatic N) is 1. The van der Waals surface area contributed by atoms with E-state index >= 15 is 0 Å². The predicted molar refractivity (Wildman–Crippen MR) is 111 cm³/mol. The van der Waals surface area contributed by atoms with Crippen LogP contribution in [0, 0.1) is 5.82 Å². The van der Waals surface area contributed by atoms with Gasteiger partial charge in [0.05, 0.1) is 12.3 Å². The lowest BCUT2D eigenvalue weighted by Gasteiger charge is -2.11. The van der Waals surface area contributed by atoms with Gasteiger partial charge in [-0.1, -0.05) is 0 Å². The number of hydrogen-bond acceptors (Lipinski definition) is 3. The highest BCUT2D eigenvalue weighted by Crippen LogP contribution is 2.19. The Kier molecular flexibility index (Phi) is 8.63. The summed E-state index contributed by atoms with van der Waals surface area (Å²) in [6.45, 7) is 3.44. The summed E-state index contributed by atoms with van der Waals surface area (Å²) in [7, 11) is -3.02. The molecule has 140 valence electrons. The molecule has 3 N–H and O–H groups in total. The molecule has 0 amide bonds. The van der Waals surface area contributed by atoms with E-state index in [1.54, 1.807) is 6.07 Å². The summed E-state index contributed by atoms with van der Waals surface area (Å²) in [6.07, 6.45) is 3.76. The molecule has 1 aromatic heterocycles. The molecule has 9 heteroatoms. The second-order valence-electron chi connectivity index (χ2n) is 5.57. The highest BCUT2D eigenvalue weighted by Gasteiger charge is 2.06. The summed E-state index contributed by atoms with van der Waals surface area (Å²) in [5.74, 6) is 0.338. The smallest absolute Gasteiger partial charge is 0.191 e. The number of nitrogens with one attached hydrogen (secondary N) is 3. The van der Waals surface area contributed by atoms with E-state index in [4.69, 9.17) is 0 Å². The van der Waals surface area contributed by atoms with Gasteiger partial charge in [0.1, 0.15) is 15.7 Å². The first kappa shape index (κ1) is 21.7. The number of H-pyrrole nitrogens is 1. The van der Waals surface area contributed by atoms with Gasteiger partial charge < -0.3 is 15.6 Å². The van der Waals surface area contributed by atoms with Gasteiger partial charge in [0.25, 0.3) is 0 Å². The zero-order valence-electron chi connectivity index (χ0n) is 14.3. The molecule has 0 aliphatic rings. The van der Waals surface area contributed by atoms with Crippen molar-refractivity contribution in [3.8, 4) is 0 Å². The molecule has 0 aliphatic heterocycles. The van der Waals surface area contributed by atoms with Crippen molar-refractivity contribution in [3.63, 3.8) is 0 Å². The maximum atomic E-state index is 13.4. The molecule has 0 atom stereocenters. The summed E-state index contributed by atoms with van der Waals surface area (Å²) >= 11 is 0. The molecule has 0 fully saturated rings. The van der Waals surface area contributed by atoms with Crippen molar-refractivity contribution < 1.29 is 12.8 Å². The summed E-state index contributed by atoms with van der Waals surface area (Å²) in [5, 5.41) is 7.10. The highest BCUT2D eigenvalue weighted by atomic mass is 127. The number of guanidine groups is 1. The van der Waals surface area contributed by atoms with Crippen LogP contribution in [0.1, 0.15) is 12.5 Å². The minimum atomic E-state index is -3.02. The highest BCUT2D eigenvalue weighted by molar-refractivity contribution is 14.0.